The topological polar surface area (TPSA) is 0 Å². The van der Waals surface area contributed by atoms with Gasteiger partial charge < -0.3 is 0 Å². The maximum atomic E-state index is 4.74. The third-order valence-electron chi connectivity index (χ3n) is 9.09. The molecule has 0 amide bonds. The van der Waals surface area contributed by atoms with Gasteiger partial charge in [-0.25, -0.2) is 0 Å². The third kappa shape index (κ3) is 5.78. The summed E-state index contributed by atoms with van der Waals surface area (Å²) in [6, 6.07) is 77.3. The molecular weight excluding hydrogens is 682 g/mol. The molecule has 0 unspecified atom stereocenters. The molecule has 48 heavy (non-hydrogen) atoms. The first kappa shape index (κ1) is 32.1. The van der Waals surface area contributed by atoms with Crippen LogP contribution < -0.4 is 31.8 Å². The van der Waals surface area contributed by atoms with E-state index in [9.17, 15) is 0 Å². The maximum absolute atomic E-state index is 4.74. The summed E-state index contributed by atoms with van der Waals surface area (Å²) in [5.41, 5.74) is 2.38. The molecule has 234 valence electrons. The number of benzene rings is 7. The van der Waals surface area contributed by atoms with Crippen LogP contribution in [0.1, 0.15) is 5.56 Å². The van der Waals surface area contributed by atoms with Crippen molar-refractivity contribution < 1.29 is 0 Å². The Labute approximate surface area is 293 Å². The van der Waals surface area contributed by atoms with Crippen molar-refractivity contribution in [2.24, 2.45) is 0 Å². The van der Waals surface area contributed by atoms with Crippen molar-refractivity contribution in [3.63, 3.8) is 0 Å². The van der Waals surface area contributed by atoms with Gasteiger partial charge in [0.25, 0.3) is 0 Å². The normalized spacial score (nSPS) is 12.9. The number of rotatable bonds is 9. The molecule has 0 aromatic heterocycles. The van der Waals surface area contributed by atoms with Crippen LogP contribution in [0.5, 0.6) is 0 Å². The van der Waals surface area contributed by atoms with Gasteiger partial charge in [-0.15, -0.1) is 0 Å². The van der Waals surface area contributed by atoms with Crippen LogP contribution in [-0.4, -0.2) is 5.80 Å². The van der Waals surface area contributed by atoms with Crippen LogP contribution in [0, 0.1) is 0 Å². The zero-order valence-electron chi connectivity index (χ0n) is 26.6. The van der Waals surface area contributed by atoms with Crippen molar-refractivity contribution in [2.45, 2.75) is 0 Å². The Morgan fingerprint density at radius 2 is 0.646 bits per heavy atom. The van der Waals surface area contributed by atoms with Gasteiger partial charge in [0.1, 0.15) is 0 Å². The molecule has 0 fully saturated rings. The standard InChI is InChI=1S/C45H37BrP2/c46-48(43-30-16-5-17-31-43,44-32-18-6-19-33-44,45-34-20-7-21-35-45)37-39(38-22-8-1-9-23-38)36-47(40-24-10-2-11-25-40,41-26-12-3-13-27-41)42-28-14-4-15-29-42/h1-37H/b39-37+. The first-order chi connectivity index (χ1) is 23.6. The molecule has 0 spiro atoms. The molecule has 0 saturated carbocycles. The SMILES string of the molecule is BrP(/C=C(\C=P(c1ccccc1)(c1ccccc1)c1ccccc1)c1ccccc1)(c1ccccc1)(c1ccccc1)c1ccccc1. The second kappa shape index (κ2) is 13.9. The Hall–Kier alpha value is -4.51. The molecule has 0 aliphatic carbocycles. The van der Waals surface area contributed by atoms with Gasteiger partial charge in [-0.2, -0.15) is 0 Å². The second-order valence-electron chi connectivity index (χ2n) is 11.9. The molecule has 0 heterocycles. The van der Waals surface area contributed by atoms with Gasteiger partial charge in [0, 0.05) is 0 Å². The van der Waals surface area contributed by atoms with E-state index >= 15 is 0 Å². The number of allylic oxidation sites excluding steroid dienone is 1. The molecule has 0 radical (unpaired) electrons. The van der Waals surface area contributed by atoms with Gasteiger partial charge in [0.05, 0.1) is 0 Å². The second-order valence-corrected chi connectivity index (χ2v) is 23.5. The van der Waals surface area contributed by atoms with Crippen LogP contribution in [0.25, 0.3) is 5.57 Å². The van der Waals surface area contributed by atoms with E-state index in [0.29, 0.717) is 0 Å². The Kier molecular flexibility index (Phi) is 9.30. The predicted molar refractivity (Wildman–Crippen MR) is 220 cm³/mol. The Morgan fingerprint density at radius 3 is 0.958 bits per heavy atom. The summed E-state index contributed by atoms with van der Waals surface area (Å²) in [4.78, 5) is 0. The molecular formula is C45H37BrP2. The molecule has 7 rings (SSSR count). The van der Waals surface area contributed by atoms with E-state index in [1.165, 1.54) is 43.0 Å². The fourth-order valence-electron chi connectivity index (χ4n) is 6.77. The minimum absolute atomic E-state index is 1.18. The van der Waals surface area contributed by atoms with E-state index < -0.39 is 12.2 Å². The Balaban J connectivity index is 1.72. The first-order valence-electron chi connectivity index (χ1n) is 16.2. The minimum atomic E-state index is -3.47. The molecule has 7 aromatic rings. The van der Waals surface area contributed by atoms with Gasteiger partial charge in [-0.05, 0) is 0 Å². The van der Waals surface area contributed by atoms with E-state index in [0.717, 1.165) is 0 Å². The van der Waals surface area contributed by atoms with Crippen LogP contribution in [-0.2, 0) is 0 Å². The number of hydrogen-bond donors (Lipinski definition) is 0. The van der Waals surface area contributed by atoms with Crippen molar-refractivity contribution in [2.75, 3.05) is 0 Å². The van der Waals surface area contributed by atoms with E-state index in [1.54, 1.807) is 0 Å². The monoisotopic (exact) mass is 718 g/mol. The summed E-state index contributed by atoms with van der Waals surface area (Å²) >= 11 is 4.74. The Bertz CT molecular complexity index is 1960. The van der Waals surface area contributed by atoms with Crippen molar-refractivity contribution in [3.8, 4) is 0 Å². The molecule has 0 nitrogen and oxygen atoms in total. The summed E-state index contributed by atoms with van der Waals surface area (Å²) in [5, 5.41) is 4.25. The summed E-state index contributed by atoms with van der Waals surface area (Å²) in [5.74, 6) is 5.23. The van der Waals surface area contributed by atoms with E-state index in [2.05, 4.69) is 224 Å². The average Bonchev–Trinajstić information content (AvgIpc) is 3.19. The molecule has 7 aromatic carbocycles. The summed E-state index contributed by atoms with van der Waals surface area (Å²) in [6.07, 6.45) is 0. The molecule has 0 aliphatic rings. The third-order valence-corrected chi connectivity index (χ3v) is 22.1. The molecule has 0 aliphatic heterocycles. The van der Waals surface area contributed by atoms with Crippen LogP contribution in [0.4, 0.5) is 0 Å². The Morgan fingerprint density at radius 1 is 0.375 bits per heavy atom. The van der Waals surface area contributed by atoms with E-state index in [4.69, 9.17) is 15.5 Å². The van der Waals surface area contributed by atoms with Crippen LogP contribution >= 0.6 is 27.7 Å². The van der Waals surface area contributed by atoms with Crippen molar-refractivity contribution in [3.05, 3.63) is 224 Å². The predicted octanol–water partition coefficient (Wildman–Crippen LogP) is 9.66. The quantitative estimate of drug-likeness (QED) is 0.131. The fourth-order valence-corrected chi connectivity index (χ4v) is 17.9. The van der Waals surface area contributed by atoms with Gasteiger partial charge >= 0.3 is 295 Å². The average molecular weight is 720 g/mol. The van der Waals surface area contributed by atoms with Crippen LogP contribution in [0.3, 0.4) is 0 Å². The van der Waals surface area contributed by atoms with Crippen molar-refractivity contribution >= 4 is 70.9 Å². The van der Waals surface area contributed by atoms with E-state index in [1.807, 2.05) is 0 Å². The van der Waals surface area contributed by atoms with Gasteiger partial charge in [-0.3, -0.25) is 0 Å². The summed E-state index contributed by atoms with van der Waals surface area (Å²) < 4.78 is 0. The van der Waals surface area contributed by atoms with Crippen molar-refractivity contribution in [1.29, 1.82) is 0 Å². The first-order valence-corrected chi connectivity index (χ1v) is 22.4. The van der Waals surface area contributed by atoms with Crippen LogP contribution in [0.2, 0.25) is 0 Å². The van der Waals surface area contributed by atoms with Gasteiger partial charge in [-0.1, -0.05) is 0 Å². The summed E-state index contributed by atoms with van der Waals surface area (Å²) in [6.45, 7) is -2.36. The van der Waals surface area contributed by atoms with Crippen LogP contribution in [0.15, 0.2) is 218 Å². The molecule has 0 atom stereocenters. The molecule has 3 heteroatoms. The van der Waals surface area contributed by atoms with Gasteiger partial charge in [0.15, 0.2) is 0 Å². The number of hydrogen-bond acceptors (Lipinski definition) is 0. The summed E-state index contributed by atoms with van der Waals surface area (Å²) in [7, 11) is 0. The van der Waals surface area contributed by atoms with E-state index in [-0.39, 0.29) is 0 Å². The van der Waals surface area contributed by atoms with Gasteiger partial charge in [0.2, 0.25) is 0 Å². The molecule has 0 bridgehead atoms. The fraction of sp³-hybridized carbons (Fsp3) is 0. The zero-order chi connectivity index (χ0) is 32.7. The number of halogens is 1. The zero-order valence-corrected chi connectivity index (χ0v) is 30.0. The molecule has 0 saturated heterocycles. The van der Waals surface area contributed by atoms with Crippen molar-refractivity contribution in [1.82, 2.24) is 0 Å². The molecule has 0 N–H and O–H groups in total.